The summed E-state index contributed by atoms with van der Waals surface area (Å²) in [6.45, 7) is 1.99. The minimum Gasteiger partial charge on any atom is -0.220 e. The van der Waals surface area contributed by atoms with E-state index in [9.17, 15) is 0 Å². The number of allylic oxidation sites excluding steroid dienone is 4. The van der Waals surface area contributed by atoms with Gasteiger partial charge in [-0.2, -0.15) is 4.37 Å². The Morgan fingerprint density at radius 2 is 2.38 bits per heavy atom. The molecule has 0 saturated heterocycles. The van der Waals surface area contributed by atoms with Gasteiger partial charge < -0.3 is 0 Å². The van der Waals surface area contributed by atoms with Gasteiger partial charge in [-0.15, -0.1) is 0 Å². The van der Waals surface area contributed by atoms with Crippen LogP contribution in [0.5, 0.6) is 0 Å². The van der Waals surface area contributed by atoms with E-state index in [1.165, 1.54) is 29.9 Å². The molecule has 0 radical (unpaired) electrons. The fourth-order valence-electron chi connectivity index (χ4n) is 1.39. The van der Waals surface area contributed by atoms with Crippen LogP contribution in [0.1, 0.15) is 30.1 Å². The maximum Gasteiger partial charge on any atom is 0.168 e. The Hall–Kier alpha value is -0.960. The highest BCUT2D eigenvalue weighted by molar-refractivity contribution is 7.05. The summed E-state index contributed by atoms with van der Waals surface area (Å²) < 4.78 is 4.31. The van der Waals surface area contributed by atoms with Gasteiger partial charge in [0.25, 0.3) is 0 Å². The lowest BCUT2D eigenvalue weighted by atomic mass is 10.1. The van der Waals surface area contributed by atoms with Crippen molar-refractivity contribution in [3.05, 3.63) is 29.1 Å². The zero-order valence-corrected chi connectivity index (χ0v) is 8.47. The first-order valence-electron chi connectivity index (χ1n) is 4.52. The van der Waals surface area contributed by atoms with Crippen LogP contribution in [0.15, 0.2) is 18.2 Å². The van der Waals surface area contributed by atoms with E-state index in [2.05, 4.69) is 27.6 Å². The van der Waals surface area contributed by atoms with Crippen LogP contribution in [0.3, 0.4) is 0 Å². The van der Waals surface area contributed by atoms with Gasteiger partial charge in [-0.3, -0.25) is 0 Å². The molecule has 2 nitrogen and oxygen atoms in total. The molecule has 1 aliphatic carbocycles. The van der Waals surface area contributed by atoms with E-state index >= 15 is 0 Å². The van der Waals surface area contributed by atoms with Gasteiger partial charge in [-0.1, -0.05) is 18.2 Å². The molecule has 0 aromatic carbocycles. The fourth-order valence-corrected chi connectivity index (χ4v) is 1.89. The Morgan fingerprint density at radius 3 is 3.15 bits per heavy atom. The van der Waals surface area contributed by atoms with Crippen LogP contribution >= 0.6 is 11.5 Å². The van der Waals surface area contributed by atoms with Crippen LogP contribution in [0.2, 0.25) is 0 Å². The average Bonchev–Trinajstić information content (AvgIpc) is 2.43. The monoisotopic (exact) mass is 192 g/mol. The molecule has 0 bridgehead atoms. The first-order valence-corrected chi connectivity index (χ1v) is 5.30. The molecule has 0 spiro atoms. The van der Waals surface area contributed by atoms with Crippen molar-refractivity contribution in [3.8, 4) is 0 Å². The molecule has 13 heavy (non-hydrogen) atoms. The molecular formula is C10H12N2S. The summed E-state index contributed by atoms with van der Waals surface area (Å²) in [5.74, 6) is 0.925. The summed E-state index contributed by atoms with van der Waals surface area (Å²) >= 11 is 1.48. The van der Waals surface area contributed by atoms with E-state index < -0.39 is 0 Å². The molecule has 0 atom stereocenters. The van der Waals surface area contributed by atoms with Gasteiger partial charge in [0.15, 0.2) is 5.82 Å². The fraction of sp³-hybridized carbons (Fsp3) is 0.400. The summed E-state index contributed by atoms with van der Waals surface area (Å²) in [5.41, 5.74) is 1.28. The van der Waals surface area contributed by atoms with Crippen molar-refractivity contribution in [1.29, 1.82) is 0 Å². The second-order valence-electron chi connectivity index (χ2n) is 3.15. The van der Waals surface area contributed by atoms with Crippen LogP contribution in [0.25, 0.3) is 5.57 Å². The van der Waals surface area contributed by atoms with Crippen molar-refractivity contribution in [3.63, 3.8) is 0 Å². The quantitative estimate of drug-likeness (QED) is 0.683. The third-order valence-corrected chi connectivity index (χ3v) is 2.68. The highest BCUT2D eigenvalue weighted by atomic mass is 32.1. The smallest absolute Gasteiger partial charge is 0.168 e. The molecule has 0 aliphatic heterocycles. The van der Waals surface area contributed by atoms with Gasteiger partial charge in [-0.05, 0) is 43.3 Å². The second kappa shape index (κ2) is 3.83. The van der Waals surface area contributed by atoms with E-state index in [0.717, 1.165) is 17.3 Å². The summed E-state index contributed by atoms with van der Waals surface area (Å²) in [5, 5.41) is 1.05. The third-order valence-electron chi connectivity index (χ3n) is 2.07. The average molecular weight is 192 g/mol. The zero-order chi connectivity index (χ0) is 9.10. The first kappa shape index (κ1) is 8.63. The van der Waals surface area contributed by atoms with E-state index in [4.69, 9.17) is 0 Å². The highest BCUT2D eigenvalue weighted by Crippen LogP contribution is 2.21. The van der Waals surface area contributed by atoms with Crippen molar-refractivity contribution in [2.24, 2.45) is 0 Å². The SMILES string of the molecule is Cc1nc(C2=CC=CCCC2)ns1. The number of nitrogens with zero attached hydrogens (tertiary/aromatic N) is 2. The predicted octanol–water partition coefficient (Wildman–Crippen LogP) is 2.97. The first-order chi connectivity index (χ1) is 6.36. The van der Waals surface area contributed by atoms with Crippen LogP contribution in [0, 0.1) is 6.92 Å². The molecule has 0 N–H and O–H groups in total. The number of aromatic nitrogens is 2. The molecule has 3 heteroatoms. The number of hydrogen-bond acceptors (Lipinski definition) is 3. The minimum atomic E-state index is 0.925. The predicted molar refractivity (Wildman–Crippen MR) is 55.6 cm³/mol. The van der Waals surface area contributed by atoms with E-state index in [1.807, 2.05) is 6.92 Å². The van der Waals surface area contributed by atoms with Gasteiger partial charge in [0.2, 0.25) is 0 Å². The second-order valence-corrected chi connectivity index (χ2v) is 4.11. The Morgan fingerprint density at radius 1 is 1.46 bits per heavy atom. The van der Waals surface area contributed by atoms with E-state index in [1.54, 1.807) is 0 Å². The van der Waals surface area contributed by atoms with E-state index in [0.29, 0.717) is 0 Å². The van der Waals surface area contributed by atoms with Gasteiger partial charge in [0.05, 0.1) is 0 Å². The molecule has 1 heterocycles. The lowest BCUT2D eigenvalue weighted by Crippen LogP contribution is -1.86. The van der Waals surface area contributed by atoms with Crippen molar-refractivity contribution < 1.29 is 0 Å². The maximum absolute atomic E-state index is 4.38. The van der Waals surface area contributed by atoms with Crippen molar-refractivity contribution in [1.82, 2.24) is 9.36 Å². The molecule has 68 valence electrons. The molecule has 1 aliphatic rings. The molecule has 2 rings (SSSR count). The number of hydrogen-bond donors (Lipinski definition) is 0. The zero-order valence-electron chi connectivity index (χ0n) is 7.66. The third kappa shape index (κ3) is 2.04. The lowest BCUT2D eigenvalue weighted by Gasteiger charge is -1.97. The molecule has 0 fully saturated rings. The van der Waals surface area contributed by atoms with Gasteiger partial charge in [-0.25, -0.2) is 4.98 Å². The standard InChI is InChI=1S/C10H12N2S/c1-8-11-10(12-13-8)9-6-4-2-3-5-7-9/h2,4,6H,3,5,7H2,1H3. The minimum absolute atomic E-state index is 0.925. The summed E-state index contributed by atoms with van der Waals surface area (Å²) in [6.07, 6.45) is 9.92. The Bertz CT molecular complexity index is 350. The summed E-state index contributed by atoms with van der Waals surface area (Å²) in [4.78, 5) is 4.38. The molecular weight excluding hydrogens is 180 g/mol. The van der Waals surface area contributed by atoms with Crippen molar-refractivity contribution >= 4 is 17.1 Å². The van der Waals surface area contributed by atoms with Crippen molar-refractivity contribution in [2.75, 3.05) is 0 Å². The van der Waals surface area contributed by atoms with Crippen LogP contribution in [-0.2, 0) is 0 Å². The van der Waals surface area contributed by atoms with Crippen LogP contribution in [-0.4, -0.2) is 9.36 Å². The lowest BCUT2D eigenvalue weighted by molar-refractivity contribution is 0.879. The summed E-state index contributed by atoms with van der Waals surface area (Å²) in [7, 11) is 0. The van der Waals surface area contributed by atoms with Crippen LogP contribution < -0.4 is 0 Å². The molecule has 0 unspecified atom stereocenters. The van der Waals surface area contributed by atoms with Gasteiger partial charge >= 0.3 is 0 Å². The van der Waals surface area contributed by atoms with Crippen LogP contribution in [0.4, 0.5) is 0 Å². The van der Waals surface area contributed by atoms with Crippen molar-refractivity contribution in [2.45, 2.75) is 26.2 Å². The molecule has 0 amide bonds. The highest BCUT2D eigenvalue weighted by Gasteiger charge is 2.07. The largest absolute Gasteiger partial charge is 0.220 e. The normalized spacial score (nSPS) is 16.8. The number of rotatable bonds is 1. The Balaban J connectivity index is 2.25. The van der Waals surface area contributed by atoms with Gasteiger partial charge in [0, 0.05) is 0 Å². The maximum atomic E-state index is 4.38. The Labute approximate surface area is 82.2 Å². The molecule has 0 saturated carbocycles. The molecule has 1 aromatic rings. The van der Waals surface area contributed by atoms with Gasteiger partial charge in [0.1, 0.15) is 5.01 Å². The Kier molecular flexibility index (Phi) is 2.54. The summed E-state index contributed by atoms with van der Waals surface area (Å²) in [6, 6.07) is 0. The number of aryl methyl sites for hydroxylation is 1. The topological polar surface area (TPSA) is 25.8 Å². The molecule has 1 aromatic heterocycles. The van der Waals surface area contributed by atoms with E-state index in [-0.39, 0.29) is 0 Å².